The van der Waals surface area contributed by atoms with Crippen LogP contribution in [-0.4, -0.2) is 6.71 Å². The normalized spacial score (nSPS) is 16.5. The Morgan fingerprint density at radius 3 is 1.65 bits per heavy atom. The molecule has 6 aromatic carbocycles. The number of rotatable bonds is 3. The zero-order valence-electron chi connectivity index (χ0n) is 38.9. The summed E-state index contributed by atoms with van der Waals surface area (Å²) < 4.78 is 0. The Bertz CT molecular complexity index is 2680. The van der Waals surface area contributed by atoms with Gasteiger partial charge in [0.25, 0.3) is 6.71 Å². The Balaban J connectivity index is 1.43. The Labute approximate surface area is 362 Å². The minimum absolute atomic E-state index is 0.00184. The first-order chi connectivity index (χ1) is 28.0. The molecule has 0 bridgehead atoms. The van der Waals surface area contributed by atoms with Gasteiger partial charge in [-0.15, -0.1) is 0 Å². The molecule has 1 aliphatic carbocycles. The van der Waals surface area contributed by atoms with Crippen LogP contribution in [-0.2, 0) is 27.1 Å². The smallest absolute Gasteiger partial charge is 0.252 e. The molecular weight excluding hydrogens is 723 g/mol. The van der Waals surface area contributed by atoms with E-state index in [1.54, 1.807) is 0 Å². The van der Waals surface area contributed by atoms with E-state index in [1.807, 2.05) is 0 Å². The number of aryl methyl sites for hydroxylation is 1. The van der Waals surface area contributed by atoms with Crippen LogP contribution in [0.5, 0.6) is 0 Å². The second-order valence-electron chi connectivity index (χ2n) is 22.7. The molecule has 0 saturated carbocycles. The number of anilines is 6. The molecule has 0 fully saturated rings. The molecule has 0 N–H and O–H groups in total. The first-order valence-electron chi connectivity index (χ1n) is 22.4. The van der Waals surface area contributed by atoms with Gasteiger partial charge in [-0.05, 0) is 151 Å². The van der Waals surface area contributed by atoms with Crippen LogP contribution in [0.25, 0.3) is 11.1 Å². The summed E-state index contributed by atoms with van der Waals surface area (Å²) in [6, 6.07) is 45.3. The summed E-state index contributed by atoms with van der Waals surface area (Å²) in [5.41, 5.74) is 22.7. The average Bonchev–Trinajstić information content (AvgIpc) is 3.18. The largest absolute Gasteiger partial charge is 0.311 e. The van der Waals surface area contributed by atoms with Crippen LogP contribution in [0.3, 0.4) is 0 Å². The number of hydrogen-bond acceptors (Lipinski definition) is 2. The first kappa shape index (κ1) is 40.4. The van der Waals surface area contributed by atoms with E-state index in [9.17, 15) is 0 Å². The van der Waals surface area contributed by atoms with Crippen molar-refractivity contribution in [1.29, 1.82) is 0 Å². The number of benzene rings is 6. The molecule has 3 heteroatoms. The van der Waals surface area contributed by atoms with Crippen molar-refractivity contribution in [1.82, 2.24) is 0 Å². The maximum atomic E-state index is 2.67. The van der Waals surface area contributed by atoms with Crippen molar-refractivity contribution in [3.8, 4) is 11.1 Å². The highest BCUT2D eigenvalue weighted by molar-refractivity contribution is 7.00. The van der Waals surface area contributed by atoms with Gasteiger partial charge in [-0.25, -0.2) is 0 Å². The molecule has 0 unspecified atom stereocenters. The molecule has 3 aliphatic rings. The fourth-order valence-corrected chi connectivity index (χ4v) is 10.4. The van der Waals surface area contributed by atoms with Crippen molar-refractivity contribution < 1.29 is 0 Å². The summed E-state index contributed by atoms with van der Waals surface area (Å²) in [7, 11) is 0. The molecule has 6 aromatic rings. The fourth-order valence-electron chi connectivity index (χ4n) is 10.4. The topological polar surface area (TPSA) is 6.48 Å². The van der Waals surface area contributed by atoms with Crippen LogP contribution < -0.4 is 26.2 Å². The molecule has 0 radical (unpaired) electrons. The van der Waals surface area contributed by atoms with Crippen molar-refractivity contribution in [2.45, 2.75) is 137 Å². The lowest BCUT2D eigenvalue weighted by molar-refractivity contribution is 0.332. The molecule has 2 heterocycles. The second-order valence-corrected chi connectivity index (χ2v) is 22.7. The lowest BCUT2D eigenvalue weighted by atomic mass is 9.33. The van der Waals surface area contributed by atoms with Gasteiger partial charge < -0.3 is 9.80 Å². The highest BCUT2D eigenvalue weighted by atomic mass is 15.2. The highest BCUT2D eigenvalue weighted by Crippen LogP contribution is 2.52. The van der Waals surface area contributed by atoms with Gasteiger partial charge in [0, 0.05) is 34.0 Å². The summed E-state index contributed by atoms with van der Waals surface area (Å²) >= 11 is 0. The van der Waals surface area contributed by atoms with Gasteiger partial charge in [-0.3, -0.25) is 0 Å². The third kappa shape index (κ3) is 6.54. The third-order valence-electron chi connectivity index (χ3n) is 14.2. The monoisotopic (exact) mass is 789 g/mol. The standard InChI is InChI=1S/C57H65BN2/c1-36-29-50-52-51(30-36)60(47-26-24-39(54(5,6)7)32-42(47)37-19-16-15-17-20-37)49-35-44-43(56(11,12)27-28-57(44,13)14)34-46(49)58(52)45-25-23-40(55(8,9)10)33-48(45)59(50)41-22-18-21-38(31-41)53(2,3)4/h15-26,29-35H,27-28H2,1-14H3. The van der Waals surface area contributed by atoms with Crippen molar-refractivity contribution in [3.05, 3.63) is 149 Å². The van der Waals surface area contributed by atoms with Crippen LogP contribution in [0, 0.1) is 6.92 Å². The average molecular weight is 789 g/mol. The van der Waals surface area contributed by atoms with Crippen LogP contribution >= 0.6 is 0 Å². The number of fused-ring (bicyclic) bond motifs is 5. The van der Waals surface area contributed by atoms with Crippen molar-refractivity contribution >= 4 is 57.2 Å². The lowest BCUT2D eigenvalue weighted by Gasteiger charge is -2.48. The highest BCUT2D eigenvalue weighted by Gasteiger charge is 2.47. The minimum Gasteiger partial charge on any atom is -0.311 e. The Kier molecular flexibility index (Phi) is 9.08. The lowest BCUT2D eigenvalue weighted by Crippen LogP contribution is -2.62. The predicted molar refractivity (Wildman–Crippen MR) is 262 cm³/mol. The zero-order valence-corrected chi connectivity index (χ0v) is 38.9. The van der Waals surface area contributed by atoms with E-state index >= 15 is 0 Å². The number of hydrogen-bond donors (Lipinski definition) is 0. The first-order valence-corrected chi connectivity index (χ1v) is 22.4. The quantitative estimate of drug-likeness (QED) is 0.165. The van der Waals surface area contributed by atoms with E-state index in [0.29, 0.717) is 0 Å². The number of nitrogens with zero attached hydrogens (tertiary/aromatic N) is 2. The Morgan fingerprint density at radius 1 is 0.467 bits per heavy atom. The van der Waals surface area contributed by atoms with Crippen molar-refractivity contribution in [3.63, 3.8) is 0 Å². The van der Waals surface area contributed by atoms with Crippen molar-refractivity contribution in [2.24, 2.45) is 0 Å². The predicted octanol–water partition coefficient (Wildman–Crippen LogP) is 14.0. The molecule has 0 aromatic heterocycles. The molecule has 9 rings (SSSR count). The van der Waals surface area contributed by atoms with Gasteiger partial charge in [-0.1, -0.05) is 157 Å². The molecule has 2 aliphatic heterocycles. The molecule has 60 heavy (non-hydrogen) atoms. The van der Waals surface area contributed by atoms with Gasteiger partial charge in [-0.2, -0.15) is 0 Å². The summed E-state index contributed by atoms with van der Waals surface area (Å²) in [6.07, 6.45) is 2.35. The summed E-state index contributed by atoms with van der Waals surface area (Å²) in [6.45, 7) is 33.3. The fraction of sp³-hybridized carbons (Fsp3) is 0.368. The van der Waals surface area contributed by atoms with Crippen LogP contribution in [0.1, 0.15) is 136 Å². The third-order valence-corrected chi connectivity index (χ3v) is 14.2. The van der Waals surface area contributed by atoms with Crippen LogP contribution in [0.2, 0.25) is 0 Å². The van der Waals surface area contributed by atoms with E-state index in [-0.39, 0.29) is 33.8 Å². The molecule has 0 spiro atoms. The van der Waals surface area contributed by atoms with Crippen LogP contribution in [0.4, 0.5) is 34.1 Å². The molecular formula is C57H65BN2. The second kappa shape index (κ2) is 13.5. The van der Waals surface area contributed by atoms with Gasteiger partial charge in [0.15, 0.2) is 0 Å². The van der Waals surface area contributed by atoms with Gasteiger partial charge >= 0.3 is 0 Å². The van der Waals surface area contributed by atoms with E-state index in [2.05, 4.69) is 222 Å². The van der Waals surface area contributed by atoms with Crippen LogP contribution in [0.15, 0.2) is 115 Å². The molecule has 0 saturated heterocycles. The maximum absolute atomic E-state index is 2.67. The van der Waals surface area contributed by atoms with Gasteiger partial charge in [0.05, 0.1) is 5.69 Å². The maximum Gasteiger partial charge on any atom is 0.252 e. The Hall–Kier alpha value is -5.02. The Morgan fingerprint density at radius 2 is 1.02 bits per heavy atom. The molecule has 2 nitrogen and oxygen atoms in total. The summed E-state index contributed by atoms with van der Waals surface area (Å²) in [5.74, 6) is 0. The minimum atomic E-state index is -0.00495. The summed E-state index contributed by atoms with van der Waals surface area (Å²) in [5, 5.41) is 0. The van der Waals surface area contributed by atoms with Crippen molar-refractivity contribution in [2.75, 3.05) is 9.80 Å². The van der Waals surface area contributed by atoms with Gasteiger partial charge in [0.2, 0.25) is 0 Å². The molecule has 0 atom stereocenters. The molecule has 0 amide bonds. The van der Waals surface area contributed by atoms with E-state index in [1.165, 1.54) is 108 Å². The SMILES string of the molecule is Cc1cc2c3c(c1)N(c1ccc(C(C)(C)C)cc1-c1ccccc1)c1cc4c(cc1B3c1ccc(C(C)(C)C)cc1N2c1cccc(C(C)(C)C)c1)C(C)(C)CCC4(C)C. The van der Waals surface area contributed by atoms with E-state index in [4.69, 9.17) is 0 Å². The zero-order chi connectivity index (χ0) is 42.9. The summed E-state index contributed by atoms with van der Waals surface area (Å²) in [4.78, 5) is 5.28. The van der Waals surface area contributed by atoms with E-state index in [0.717, 1.165) is 0 Å². The molecule has 306 valence electrons. The van der Waals surface area contributed by atoms with E-state index < -0.39 is 0 Å². The van der Waals surface area contributed by atoms with Gasteiger partial charge in [0.1, 0.15) is 0 Å².